The van der Waals surface area contributed by atoms with E-state index in [1.54, 1.807) is 0 Å². The molecule has 0 aliphatic rings. The third-order valence-electron chi connectivity index (χ3n) is 3.06. The number of ether oxygens (including phenoxy) is 1. The molecule has 0 amide bonds. The van der Waals surface area contributed by atoms with E-state index in [0.29, 0.717) is 0 Å². The van der Waals surface area contributed by atoms with Crippen LogP contribution in [0.4, 0.5) is 0 Å². The first-order valence-corrected chi connectivity index (χ1v) is 9.17. The number of hydrogen-bond donors (Lipinski definition) is 1. The SMILES string of the molecule is CCCCCCCCCCCCOC(=O)CS(=O)(=O)O.[Na].[Na].[Na]. The van der Waals surface area contributed by atoms with E-state index in [1.165, 1.54) is 44.9 Å². The molecule has 0 bridgehead atoms. The third-order valence-corrected chi connectivity index (χ3v) is 3.66. The van der Waals surface area contributed by atoms with Gasteiger partial charge in [-0.05, 0) is 6.42 Å². The van der Waals surface area contributed by atoms with Crippen molar-refractivity contribution in [3.8, 4) is 0 Å². The number of carbonyl (C=O) groups is 1. The average Bonchev–Trinajstić information content (AvgIpc) is 2.34. The van der Waals surface area contributed by atoms with E-state index in [0.717, 1.165) is 19.3 Å². The summed E-state index contributed by atoms with van der Waals surface area (Å²) in [6, 6.07) is 0. The Morgan fingerprint density at radius 2 is 1.22 bits per heavy atom. The number of unbranched alkanes of at least 4 members (excludes halogenated alkanes) is 9. The van der Waals surface area contributed by atoms with Gasteiger partial charge < -0.3 is 4.74 Å². The van der Waals surface area contributed by atoms with Crippen LogP contribution >= 0.6 is 0 Å². The van der Waals surface area contributed by atoms with Crippen LogP contribution in [0.1, 0.15) is 71.1 Å². The second kappa shape index (κ2) is 22.4. The smallest absolute Gasteiger partial charge is 0.323 e. The molecular formula is C14H28Na3O5S. The van der Waals surface area contributed by atoms with Gasteiger partial charge in [-0.15, -0.1) is 0 Å². The maximum Gasteiger partial charge on any atom is 0.323 e. The van der Waals surface area contributed by atoms with Gasteiger partial charge in [-0.2, -0.15) is 8.42 Å². The van der Waals surface area contributed by atoms with Crippen LogP contribution in [0.25, 0.3) is 0 Å². The van der Waals surface area contributed by atoms with Crippen molar-refractivity contribution < 1.29 is 22.5 Å². The molecule has 23 heavy (non-hydrogen) atoms. The zero-order valence-electron chi connectivity index (χ0n) is 15.5. The van der Waals surface area contributed by atoms with Crippen molar-refractivity contribution in [2.24, 2.45) is 0 Å². The van der Waals surface area contributed by atoms with Crippen molar-refractivity contribution in [2.45, 2.75) is 71.1 Å². The standard InChI is InChI=1S/C14H28O5S.3Na/c1-2-3-4-5-6-7-8-9-10-11-12-19-14(15)13-20(16,17)18;;;/h2-13H2,1H3,(H,16,17,18);;;. The van der Waals surface area contributed by atoms with Gasteiger partial charge in [0.05, 0.1) is 6.61 Å². The largest absolute Gasteiger partial charge is 0.465 e. The maximum atomic E-state index is 11.0. The molecule has 9 heteroatoms. The monoisotopic (exact) mass is 377 g/mol. The van der Waals surface area contributed by atoms with E-state index in [-0.39, 0.29) is 95.3 Å². The Kier molecular flexibility index (Phi) is 32.2. The average molecular weight is 377 g/mol. The molecule has 0 saturated heterocycles. The summed E-state index contributed by atoms with van der Waals surface area (Å²) in [5.41, 5.74) is 0. The Labute approximate surface area is 208 Å². The summed E-state index contributed by atoms with van der Waals surface area (Å²) in [5.74, 6) is -1.84. The quantitative estimate of drug-likeness (QED) is 0.230. The minimum atomic E-state index is -4.26. The molecule has 0 rings (SSSR count). The van der Waals surface area contributed by atoms with Crippen LogP contribution < -0.4 is 0 Å². The van der Waals surface area contributed by atoms with Gasteiger partial charge in [-0.1, -0.05) is 64.7 Å². The van der Waals surface area contributed by atoms with Gasteiger partial charge in [0.25, 0.3) is 10.1 Å². The van der Waals surface area contributed by atoms with Crippen molar-refractivity contribution in [1.82, 2.24) is 0 Å². The Morgan fingerprint density at radius 3 is 1.61 bits per heavy atom. The van der Waals surface area contributed by atoms with Gasteiger partial charge in [0.1, 0.15) is 0 Å². The van der Waals surface area contributed by atoms with E-state index < -0.39 is 21.8 Å². The zero-order valence-corrected chi connectivity index (χ0v) is 22.3. The summed E-state index contributed by atoms with van der Waals surface area (Å²) < 4.78 is 33.9. The molecule has 0 fully saturated rings. The minimum Gasteiger partial charge on any atom is -0.465 e. The summed E-state index contributed by atoms with van der Waals surface area (Å²) in [4.78, 5) is 11.0. The molecule has 0 unspecified atom stereocenters. The van der Waals surface area contributed by atoms with Crippen molar-refractivity contribution in [1.29, 1.82) is 0 Å². The Bertz CT molecular complexity index is 350. The second-order valence-electron chi connectivity index (χ2n) is 5.13. The molecule has 0 saturated carbocycles. The molecule has 0 aromatic rings. The van der Waals surface area contributed by atoms with Crippen molar-refractivity contribution in [3.05, 3.63) is 0 Å². The molecule has 0 aromatic heterocycles. The molecule has 5 nitrogen and oxygen atoms in total. The van der Waals surface area contributed by atoms with Crippen molar-refractivity contribution in [3.63, 3.8) is 0 Å². The second-order valence-corrected chi connectivity index (χ2v) is 6.58. The van der Waals surface area contributed by atoms with Gasteiger partial charge in [0.2, 0.25) is 0 Å². The first-order valence-electron chi connectivity index (χ1n) is 7.56. The third kappa shape index (κ3) is 29.4. The Morgan fingerprint density at radius 1 is 0.826 bits per heavy atom. The van der Waals surface area contributed by atoms with Crippen LogP contribution in [-0.4, -0.2) is 120 Å². The number of rotatable bonds is 13. The fraction of sp³-hybridized carbons (Fsp3) is 0.929. The molecule has 0 spiro atoms. The maximum absolute atomic E-state index is 11.0. The van der Waals surface area contributed by atoms with Gasteiger partial charge in [-0.25, -0.2) is 0 Å². The van der Waals surface area contributed by atoms with Crippen LogP contribution in [0.2, 0.25) is 0 Å². The van der Waals surface area contributed by atoms with Gasteiger partial charge >= 0.3 is 5.97 Å². The van der Waals surface area contributed by atoms with Gasteiger partial charge in [-0.3, -0.25) is 9.35 Å². The molecule has 3 radical (unpaired) electrons. The van der Waals surface area contributed by atoms with E-state index >= 15 is 0 Å². The molecule has 0 heterocycles. The molecule has 123 valence electrons. The molecule has 1 N–H and O–H groups in total. The Hall–Kier alpha value is 2.38. The molecule has 0 aliphatic carbocycles. The summed E-state index contributed by atoms with van der Waals surface area (Å²) in [7, 11) is -4.26. The normalized spacial score (nSPS) is 10.0. The van der Waals surface area contributed by atoms with E-state index in [1.807, 2.05) is 0 Å². The summed E-state index contributed by atoms with van der Waals surface area (Å²) in [6.45, 7) is 2.44. The predicted octanol–water partition coefficient (Wildman–Crippen LogP) is 2.20. The Balaban J connectivity index is -0.000000602. The van der Waals surface area contributed by atoms with Crippen molar-refractivity contribution in [2.75, 3.05) is 12.4 Å². The van der Waals surface area contributed by atoms with E-state index in [4.69, 9.17) is 9.29 Å². The molecule has 0 aromatic carbocycles. The number of esters is 1. The first-order chi connectivity index (χ1) is 9.45. The molecule has 0 atom stereocenters. The van der Waals surface area contributed by atoms with Crippen LogP contribution in [0, 0.1) is 0 Å². The number of carbonyl (C=O) groups excluding carboxylic acids is 1. The summed E-state index contributed by atoms with van der Waals surface area (Å²) in [5, 5.41) is 0. The van der Waals surface area contributed by atoms with Crippen LogP contribution in [0.3, 0.4) is 0 Å². The van der Waals surface area contributed by atoms with Crippen LogP contribution in [0.5, 0.6) is 0 Å². The number of hydrogen-bond acceptors (Lipinski definition) is 4. The molecule has 0 aliphatic heterocycles. The molecular weight excluding hydrogens is 349 g/mol. The van der Waals surface area contributed by atoms with E-state index in [9.17, 15) is 13.2 Å². The van der Waals surface area contributed by atoms with Gasteiger partial charge in [0.15, 0.2) is 5.75 Å². The van der Waals surface area contributed by atoms with Crippen LogP contribution in [-0.2, 0) is 19.6 Å². The summed E-state index contributed by atoms with van der Waals surface area (Å²) in [6.07, 6.45) is 11.8. The fourth-order valence-electron chi connectivity index (χ4n) is 1.97. The summed E-state index contributed by atoms with van der Waals surface area (Å²) >= 11 is 0. The fourth-order valence-corrected chi connectivity index (χ4v) is 2.35. The zero-order chi connectivity index (χ0) is 15.3. The van der Waals surface area contributed by atoms with Gasteiger partial charge in [0, 0.05) is 88.7 Å². The first kappa shape index (κ1) is 33.0. The van der Waals surface area contributed by atoms with Crippen molar-refractivity contribution >= 4 is 105 Å². The topological polar surface area (TPSA) is 80.7 Å². The predicted molar refractivity (Wildman–Crippen MR) is 96.5 cm³/mol. The minimum absolute atomic E-state index is 0. The van der Waals surface area contributed by atoms with Crippen LogP contribution in [0.15, 0.2) is 0 Å². The van der Waals surface area contributed by atoms with E-state index in [2.05, 4.69) is 6.92 Å².